The number of nitrogens with zero attached hydrogens (tertiary/aromatic N) is 3. The summed E-state index contributed by atoms with van der Waals surface area (Å²) in [5.74, 6) is 0. The smallest absolute Gasteiger partial charge is 0.253 e. The Kier molecular flexibility index (Phi) is 5.31. The highest BCUT2D eigenvalue weighted by atomic mass is 28.3. The Morgan fingerprint density at radius 2 is 1.11 bits per heavy atom. The van der Waals surface area contributed by atoms with Crippen LogP contribution < -0.4 is 20.1 Å². The van der Waals surface area contributed by atoms with Crippen LogP contribution in [0.15, 0.2) is 109 Å². The standard InChI is InChI=1S/C24H23N3Si/c1-2-27(21-18-19-25-26-20-21)28(22-12-6-3-7-13-22,23-14-8-4-9-15-23)24-16-10-5-11-17-24/h3-20H,2H2,1H3. The molecule has 0 aliphatic carbocycles. The quantitative estimate of drug-likeness (QED) is 0.380. The zero-order valence-corrected chi connectivity index (χ0v) is 16.9. The third-order valence-corrected chi connectivity index (χ3v) is 10.1. The molecule has 3 nitrogen and oxygen atoms in total. The van der Waals surface area contributed by atoms with E-state index in [0.717, 1.165) is 12.2 Å². The van der Waals surface area contributed by atoms with E-state index in [4.69, 9.17) is 0 Å². The molecular formula is C24H23N3Si. The largest absolute Gasteiger partial charge is 0.386 e. The van der Waals surface area contributed by atoms with E-state index >= 15 is 0 Å². The van der Waals surface area contributed by atoms with Crippen molar-refractivity contribution in [3.05, 3.63) is 109 Å². The van der Waals surface area contributed by atoms with Gasteiger partial charge < -0.3 is 4.57 Å². The maximum atomic E-state index is 4.18. The average molecular weight is 382 g/mol. The van der Waals surface area contributed by atoms with Crippen molar-refractivity contribution in [3.8, 4) is 0 Å². The molecule has 28 heavy (non-hydrogen) atoms. The molecule has 0 aliphatic rings. The highest BCUT2D eigenvalue weighted by molar-refractivity contribution is 7.13. The Hall–Kier alpha value is -3.24. The molecular weight excluding hydrogens is 358 g/mol. The van der Waals surface area contributed by atoms with Gasteiger partial charge in [0.05, 0.1) is 18.1 Å². The maximum Gasteiger partial charge on any atom is 0.253 e. The summed E-state index contributed by atoms with van der Waals surface area (Å²) >= 11 is 0. The van der Waals surface area contributed by atoms with E-state index in [0.29, 0.717) is 0 Å². The Labute approximate surface area is 167 Å². The van der Waals surface area contributed by atoms with Crippen LogP contribution >= 0.6 is 0 Å². The number of benzene rings is 3. The lowest BCUT2D eigenvalue weighted by atomic mass is 10.3. The monoisotopic (exact) mass is 381 g/mol. The SMILES string of the molecule is CCN(c1ccnnc1)[Si](c1ccccc1)(c1ccccc1)c1ccccc1. The van der Waals surface area contributed by atoms with Crippen molar-refractivity contribution in [2.45, 2.75) is 6.92 Å². The number of hydrogen-bond donors (Lipinski definition) is 0. The summed E-state index contributed by atoms with van der Waals surface area (Å²) in [6, 6.07) is 34.8. The Balaban J connectivity index is 2.10. The van der Waals surface area contributed by atoms with Crippen LogP contribution in [0.2, 0.25) is 0 Å². The topological polar surface area (TPSA) is 29.0 Å². The van der Waals surface area contributed by atoms with Crippen molar-refractivity contribution < 1.29 is 0 Å². The van der Waals surface area contributed by atoms with Gasteiger partial charge in [0.2, 0.25) is 0 Å². The van der Waals surface area contributed by atoms with Crippen LogP contribution in [0.1, 0.15) is 6.92 Å². The molecule has 1 aromatic heterocycles. The summed E-state index contributed by atoms with van der Waals surface area (Å²) in [6.07, 6.45) is 3.65. The van der Waals surface area contributed by atoms with Gasteiger partial charge in [-0.25, -0.2) is 0 Å². The van der Waals surface area contributed by atoms with Crippen LogP contribution in [-0.4, -0.2) is 25.0 Å². The molecule has 138 valence electrons. The minimum absolute atomic E-state index is 0.872. The van der Waals surface area contributed by atoms with Gasteiger partial charge in [-0.05, 0) is 28.6 Å². The number of anilines is 1. The normalized spacial score (nSPS) is 11.2. The number of rotatable bonds is 6. The van der Waals surface area contributed by atoms with Crippen LogP contribution in [0.5, 0.6) is 0 Å². The first-order valence-corrected chi connectivity index (χ1v) is 11.5. The maximum absolute atomic E-state index is 4.18. The second-order valence-electron chi connectivity index (χ2n) is 6.65. The van der Waals surface area contributed by atoms with Crippen LogP contribution in [-0.2, 0) is 0 Å². The second kappa shape index (κ2) is 8.19. The van der Waals surface area contributed by atoms with Gasteiger partial charge in [-0.2, -0.15) is 10.2 Å². The highest BCUT2D eigenvalue weighted by Crippen LogP contribution is 2.21. The van der Waals surface area contributed by atoms with Gasteiger partial charge in [-0.3, -0.25) is 0 Å². The summed E-state index contributed by atoms with van der Waals surface area (Å²) in [5.41, 5.74) is 1.10. The number of hydrogen-bond acceptors (Lipinski definition) is 3. The third kappa shape index (κ3) is 3.12. The molecule has 4 aromatic rings. The van der Waals surface area contributed by atoms with Crippen molar-refractivity contribution in [1.29, 1.82) is 0 Å². The lowest BCUT2D eigenvalue weighted by Crippen LogP contribution is -2.77. The van der Waals surface area contributed by atoms with Gasteiger partial charge >= 0.3 is 0 Å². The van der Waals surface area contributed by atoms with Crippen molar-refractivity contribution in [3.63, 3.8) is 0 Å². The van der Waals surface area contributed by atoms with Gasteiger partial charge in [-0.15, -0.1) is 0 Å². The third-order valence-electron chi connectivity index (χ3n) is 5.18. The van der Waals surface area contributed by atoms with E-state index in [9.17, 15) is 0 Å². The Morgan fingerprint density at radius 1 is 0.643 bits per heavy atom. The fraction of sp³-hybridized carbons (Fsp3) is 0.0833. The molecule has 0 saturated heterocycles. The van der Waals surface area contributed by atoms with Gasteiger partial charge in [0.1, 0.15) is 0 Å². The van der Waals surface area contributed by atoms with Gasteiger partial charge in [0.25, 0.3) is 8.24 Å². The molecule has 4 heteroatoms. The molecule has 0 atom stereocenters. The highest BCUT2D eigenvalue weighted by Gasteiger charge is 2.45. The molecule has 0 saturated carbocycles. The molecule has 0 spiro atoms. The van der Waals surface area contributed by atoms with E-state index in [1.807, 2.05) is 6.20 Å². The summed E-state index contributed by atoms with van der Waals surface area (Å²) in [5, 5.41) is 12.2. The molecule has 4 rings (SSSR count). The van der Waals surface area contributed by atoms with Crippen LogP contribution in [0.3, 0.4) is 0 Å². The summed E-state index contributed by atoms with van der Waals surface area (Å²) in [4.78, 5) is 0. The Bertz CT molecular complexity index is 896. The van der Waals surface area contributed by atoms with Crippen LogP contribution in [0.4, 0.5) is 5.69 Å². The molecule has 0 unspecified atom stereocenters. The van der Waals surface area contributed by atoms with E-state index in [1.54, 1.807) is 6.20 Å². The van der Waals surface area contributed by atoms with E-state index < -0.39 is 8.24 Å². The molecule has 0 aliphatic heterocycles. The average Bonchev–Trinajstić information content (AvgIpc) is 2.80. The van der Waals surface area contributed by atoms with Crippen LogP contribution in [0, 0.1) is 0 Å². The first-order valence-electron chi connectivity index (χ1n) is 9.58. The zero-order chi connectivity index (χ0) is 19.2. The number of aromatic nitrogens is 2. The minimum Gasteiger partial charge on any atom is -0.386 e. The van der Waals surface area contributed by atoms with Crippen molar-refractivity contribution >= 4 is 29.5 Å². The van der Waals surface area contributed by atoms with Gasteiger partial charge in [0, 0.05) is 6.54 Å². The molecule has 1 heterocycles. The van der Waals surface area contributed by atoms with Crippen molar-refractivity contribution in [2.24, 2.45) is 0 Å². The lowest BCUT2D eigenvalue weighted by molar-refractivity contribution is 0.995. The second-order valence-corrected chi connectivity index (χ2v) is 10.3. The summed E-state index contributed by atoms with van der Waals surface area (Å²) in [6.45, 7) is 3.09. The fourth-order valence-corrected chi connectivity index (χ4v) is 9.02. The molecule has 0 radical (unpaired) electrons. The predicted molar refractivity (Wildman–Crippen MR) is 119 cm³/mol. The first kappa shape index (κ1) is 18.1. The van der Waals surface area contributed by atoms with E-state index in [1.165, 1.54) is 15.6 Å². The molecule has 0 amide bonds. The molecule has 0 N–H and O–H groups in total. The van der Waals surface area contributed by atoms with Crippen LogP contribution in [0.25, 0.3) is 0 Å². The fourth-order valence-electron chi connectivity index (χ4n) is 4.06. The van der Waals surface area contributed by atoms with Crippen molar-refractivity contribution in [1.82, 2.24) is 10.2 Å². The van der Waals surface area contributed by atoms with E-state index in [-0.39, 0.29) is 0 Å². The first-order chi connectivity index (χ1) is 13.9. The summed E-state index contributed by atoms with van der Waals surface area (Å²) in [7, 11) is -2.53. The molecule has 0 bridgehead atoms. The summed E-state index contributed by atoms with van der Waals surface area (Å²) < 4.78 is 2.54. The van der Waals surface area contributed by atoms with E-state index in [2.05, 4.69) is 119 Å². The molecule has 3 aromatic carbocycles. The minimum atomic E-state index is -2.53. The predicted octanol–water partition coefficient (Wildman–Crippen LogP) is 2.97. The zero-order valence-electron chi connectivity index (χ0n) is 15.9. The van der Waals surface area contributed by atoms with Gasteiger partial charge in [0.15, 0.2) is 0 Å². The molecule has 0 fully saturated rings. The lowest BCUT2D eigenvalue weighted by Gasteiger charge is -2.44. The van der Waals surface area contributed by atoms with Crippen molar-refractivity contribution in [2.75, 3.05) is 11.1 Å². The van der Waals surface area contributed by atoms with Gasteiger partial charge in [-0.1, -0.05) is 91.0 Å². The Morgan fingerprint density at radius 3 is 1.46 bits per heavy atom.